The number of hydrogen-bond donors (Lipinski definition) is 2. The summed E-state index contributed by atoms with van der Waals surface area (Å²) in [5.74, 6) is 0.585. The number of rotatable bonds is 3. The maximum Gasteiger partial charge on any atom is 0.250 e. The third-order valence-electron chi connectivity index (χ3n) is 3.11. The van der Waals surface area contributed by atoms with Crippen molar-refractivity contribution in [3.63, 3.8) is 0 Å². The maximum atomic E-state index is 11.2. The standard InChI is InChI=1S/C15H16N2O2/c1-9-5-3-7-12(10(9)2)19-13-8-4-6-11(14(13)16)15(17)18/h3-8H,16H2,1-2H3,(H2,17,18). The molecule has 4 N–H and O–H groups in total. The zero-order valence-electron chi connectivity index (χ0n) is 10.9. The number of nitrogens with two attached hydrogens (primary N) is 2. The van der Waals surface area contributed by atoms with Crippen molar-refractivity contribution >= 4 is 11.6 Å². The van der Waals surface area contributed by atoms with Gasteiger partial charge in [-0.25, -0.2) is 0 Å². The third-order valence-corrected chi connectivity index (χ3v) is 3.11. The van der Waals surface area contributed by atoms with Gasteiger partial charge in [0.15, 0.2) is 5.75 Å². The number of benzene rings is 2. The molecule has 0 radical (unpaired) electrons. The number of carbonyl (C=O) groups excluding carboxylic acids is 1. The smallest absolute Gasteiger partial charge is 0.250 e. The average Bonchev–Trinajstić information content (AvgIpc) is 2.37. The predicted molar refractivity (Wildman–Crippen MR) is 75.4 cm³/mol. The molecule has 4 heteroatoms. The minimum Gasteiger partial charge on any atom is -0.455 e. The van der Waals surface area contributed by atoms with Crippen LogP contribution in [0.2, 0.25) is 0 Å². The fraction of sp³-hybridized carbons (Fsp3) is 0.133. The molecule has 0 fully saturated rings. The molecular formula is C15H16N2O2. The van der Waals surface area contributed by atoms with E-state index < -0.39 is 5.91 Å². The Morgan fingerprint density at radius 1 is 1.05 bits per heavy atom. The molecule has 0 bridgehead atoms. The Bertz CT molecular complexity index is 636. The Labute approximate surface area is 112 Å². The predicted octanol–water partition coefficient (Wildman–Crippen LogP) is 2.78. The largest absolute Gasteiger partial charge is 0.455 e. The number of anilines is 1. The summed E-state index contributed by atoms with van der Waals surface area (Å²) < 4.78 is 5.78. The lowest BCUT2D eigenvalue weighted by molar-refractivity contribution is 0.100. The highest BCUT2D eigenvalue weighted by Gasteiger charge is 2.12. The Morgan fingerprint density at radius 2 is 1.68 bits per heavy atom. The minimum atomic E-state index is -0.566. The summed E-state index contributed by atoms with van der Waals surface area (Å²) in [4.78, 5) is 11.2. The first-order valence-corrected chi connectivity index (χ1v) is 5.93. The number of hydrogen-bond acceptors (Lipinski definition) is 3. The summed E-state index contributed by atoms with van der Waals surface area (Å²) in [7, 11) is 0. The average molecular weight is 256 g/mol. The lowest BCUT2D eigenvalue weighted by Crippen LogP contribution is -2.13. The molecule has 98 valence electrons. The number of carbonyl (C=O) groups is 1. The first-order valence-electron chi connectivity index (χ1n) is 5.93. The van der Waals surface area contributed by atoms with Crippen LogP contribution in [0.4, 0.5) is 5.69 Å². The second kappa shape index (κ2) is 5.02. The van der Waals surface area contributed by atoms with Crippen LogP contribution in [0, 0.1) is 13.8 Å². The molecular weight excluding hydrogens is 240 g/mol. The summed E-state index contributed by atoms with van der Waals surface area (Å²) in [5, 5.41) is 0. The molecule has 0 aliphatic carbocycles. The third kappa shape index (κ3) is 2.52. The van der Waals surface area contributed by atoms with Crippen molar-refractivity contribution in [2.75, 3.05) is 5.73 Å². The quantitative estimate of drug-likeness (QED) is 0.829. The van der Waals surface area contributed by atoms with E-state index in [2.05, 4.69) is 0 Å². The van der Waals surface area contributed by atoms with Crippen molar-refractivity contribution in [3.8, 4) is 11.5 Å². The van der Waals surface area contributed by atoms with Crippen LogP contribution in [-0.4, -0.2) is 5.91 Å². The van der Waals surface area contributed by atoms with Gasteiger partial charge in [-0.3, -0.25) is 4.79 Å². The van der Waals surface area contributed by atoms with E-state index in [-0.39, 0.29) is 11.3 Å². The number of nitrogen functional groups attached to an aromatic ring is 1. The molecule has 0 aliphatic rings. The van der Waals surface area contributed by atoms with E-state index >= 15 is 0 Å². The van der Waals surface area contributed by atoms with Gasteiger partial charge in [0.1, 0.15) is 5.75 Å². The van der Waals surface area contributed by atoms with Gasteiger partial charge in [-0.2, -0.15) is 0 Å². The van der Waals surface area contributed by atoms with Crippen molar-refractivity contribution in [2.24, 2.45) is 5.73 Å². The monoisotopic (exact) mass is 256 g/mol. The van der Waals surface area contributed by atoms with Crippen LogP contribution in [-0.2, 0) is 0 Å². The zero-order chi connectivity index (χ0) is 14.0. The lowest BCUT2D eigenvalue weighted by atomic mass is 10.1. The summed E-state index contributed by atoms with van der Waals surface area (Å²) >= 11 is 0. The number of ether oxygens (including phenoxy) is 1. The van der Waals surface area contributed by atoms with Crippen LogP contribution in [0.15, 0.2) is 36.4 Å². The van der Waals surface area contributed by atoms with Gasteiger partial charge in [-0.1, -0.05) is 18.2 Å². The molecule has 0 saturated heterocycles. The Kier molecular flexibility index (Phi) is 3.42. The molecule has 2 aromatic carbocycles. The van der Waals surface area contributed by atoms with Crippen LogP contribution in [0.1, 0.15) is 21.5 Å². The summed E-state index contributed by atoms with van der Waals surface area (Å²) in [6.07, 6.45) is 0. The van der Waals surface area contributed by atoms with Gasteiger partial charge in [0, 0.05) is 0 Å². The molecule has 1 amide bonds. The molecule has 4 nitrogen and oxygen atoms in total. The van der Waals surface area contributed by atoms with Crippen molar-refractivity contribution in [3.05, 3.63) is 53.1 Å². The highest BCUT2D eigenvalue weighted by atomic mass is 16.5. The van der Waals surface area contributed by atoms with Crippen molar-refractivity contribution in [1.82, 2.24) is 0 Å². The molecule has 0 unspecified atom stereocenters. The molecule has 0 saturated carbocycles. The van der Waals surface area contributed by atoms with Gasteiger partial charge in [0.05, 0.1) is 11.3 Å². The van der Waals surface area contributed by atoms with E-state index in [0.717, 1.165) is 11.1 Å². The highest BCUT2D eigenvalue weighted by molar-refractivity contribution is 5.99. The van der Waals surface area contributed by atoms with Crippen molar-refractivity contribution < 1.29 is 9.53 Å². The van der Waals surface area contributed by atoms with Gasteiger partial charge >= 0.3 is 0 Å². The van der Waals surface area contributed by atoms with Crippen LogP contribution >= 0.6 is 0 Å². The highest BCUT2D eigenvalue weighted by Crippen LogP contribution is 2.32. The number of amides is 1. The maximum absolute atomic E-state index is 11.2. The Morgan fingerprint density at radius 3 is 2.37 bits per heavy atom. The normalized spacial score (nSPS) is 10.2. The number of aryl methyl sites for hydroxylation is 1. The van der Waals surface area contributed by atoms with Crippen LogP contribution < -0.4 is 16.2 Å². The van der Waals surface area contributed by atoms with Gasteiger partial charge in [-0.05, 0) is 43.2 Å². The fourth-order valence-corrected chi connectivity index (χ4v) is 1.80. The summed E-state index contributed by atoms with van der Waals surface area (Å²) in [6.45, 7) is 3.98. The first-order chi connectivity index (χ1) is 9.00. The van der Waals surface area contributed by atoms with Crippen LogP contribution in [0.3, 0.4) is 0 Å². The number of primary amides is 1. The molecule has 0 heterocycles. The van der Waals surface area contributed by atoms with Gasteiger partial charge in [0.25, 0.3) is 5.91 Å². The topological polar surface area (TPSA) is 78.3 Å². The summed E-state index contributed by atoms with van der Waals surface area (Å²) in [6, 6.07) is 10.8. The first kappa shape index (κ1) is 13.0. The zero-order valence-corrected chi connectivity index (χ0v) is 10.9. The van der Waals surface area contributed by atoms with E-state index in [1.54, 1.807) is 18.2 Å². The Hall–Kier alpha value is -2.49. The van der Waals surface area contributed by atoms with Gasteiger partial charge in [-0.15, -0.1) is 0 Å². The van der Waals surface area contributed by atoms with E-state index in [1.165, 1.54) is 0 Å². The minimum absolute atomic E-state index is 0.260. The van der Waals surface area contributed by atoms with E-state index in [9.17, 15) is 4.79 Å². The second-order valence-electron chi connectivity index (χ2n) is 4.38. The molecule has 2 aromatic rings. The SMILES string of the molecule is Cc1cccc(Oc2cccc(C(N)=O)c2N)c1C. The Balaban J connectivity index is 2.42. The molecule has 0 aliphatic heterocycles. The lowest BCUT2D eigenvalue weighted by Gasteiger charge is -2.13. The van der Waals surface area contributed by atoms with Gasteiger partial charge in [0.2, 0.25) is 0 Å². The second-order valence-corrected chi connectivity index (χ2v) is 4.38. The molecule has 2 rings (SSSR count). The van der Waals surface area contributed by atoms with Crippen LogP contribution in [0.5, 0.6) is 11.5 Å². The fourth-order valence-electron chi connectivity index (χ4n) is 1.80. The molecule has 0 spiro atoms. The molecule has 0 atom stereocenters. The molecule has 0 aromatic heterocycles. The van der Waals surface area contributed by atoms with Gasteiger partial charge < -0.3 is 16.2 Å². The van der Waals surface area contributed by atoms with Crippen LogP contribution in [0.25, 0.3) is 0 Å². The molecule has 19 heavy (non-hydrogen) atoms. The van der Waals surface area contributed by atoms with Crippen molar-refractivity contribution in [2.45, 2.75) is 13.8 Å². The van der Waals surface area contributed by atoms with E-state index in [1.807, 2.05) is 32.0 Å². The van der Waals surface area contributed by atoms with Crippen molar-refractivity contribution in [1.29, 1.82) is 0 Å². The van der Waals surface area contributed by atoms with E-state index in [0.29, 0.717) is 11.5 Å². The van der Waals surface area contributed by atoms with E-state index in [4.69, 9.17) is 16.2 Å². The number of para-hydroxylation sites is 1. The summed E-state index contributed by atoms with van der Waals surface area (Å²) in [5.41, 5.74) is 13.8.